The number of halogens is 1. The number of carbonyl (C=O) groups is 1. The first kappa shape index (κ1) is 23.6. The Morgan fingerprint density at radius 1 is 1.03 bits per heavy atom. The molecule has 2 atom stereocenters. The third-order valence-corrected chi connectivity index (χ3v) is 8.04. The van der Waals surface area contributed by atoms with Crippen molar-refractivity contribution >= 4 is 34.6 Å². The molecule has 1 aliphatic heterocycles. The highest BCUT2D eigenvalue weighted by Gasteiger charge is 2.41. The summed E-state index contributed by atoms with van der Waals surface area (Å²) in [5.74, 6) is 0.223. The predicted molar refractivity (Wildman–Crippen MR) is 143 cm³/mol. The van der Waals surface area contributed by atoms with Crippen molar-refractivity contribution in [1.82, 2.24) is 9.47 Å². The molecule has 2 aromatic carbocycles. The average Bonchev–Trinajstić information content (AvgIpc) is 3.30. The smallest absolute Gasteiger partial charge is 0.267 e. The Bertz CT molecular complexity index is 1290. The molecule has 6 heteroatoms. The van der Waals surface area contributed by atoms with Crippen LogP contribution in [0.2, 0.25) is 0 Å². The second kappa shape index (κ2) is 9.86. The van der Waals surface area contributed by atoms with E-state index in [0.29, 0.717) is 10.8 Å². The van der Waals surface area contributed by atoms with Gasteiger partial charge in [0, 0.05) is 23.1 Å². The molecular weight excluding hydrogens is 457 g/mol. The standard InChI is InChI=1S/C29H30FN3OS/c1-19-9-7-8-12-26(19)33-28(34)27(35-29(33)31-24-10-5-4-6-11-24)18-22-17-20(2)32(21(22)3)25-15-13-23(30)14-16-25/h4-6,10-11,13-19,26H,7-9,12H2,1-3H3/b27-18-,31-29?/t19-,26+/m0/s1. The van der Waals surface area contributed by atoms with Crippen molar-refractivity contribution in [3.63, 3.8) is 0 Å². The summed E-state index contributed by atoms with van der Waals surface area (Å²) in [6.45, 7) is 6.31. The van der Waals surface area contributed by atoms with Crippen molar-refractivity contribution in [2.24, 2.45) is 10.9 Å². The number of benzene rings is 2. The minimum absolute atomic E-state index is 0.0371. The lowest BCUT2D eigenvalue weighted by atomic mass is 9.85. The Morgan fingerprint density at radius 2 is 1.74 bits per heavy atom. The van der Waals surface area contributed by atoms with Gasteiger partial charge in [-0.1, -0.05) is 38.0 Å². The summed E-state index contributed by atoms with van der Waals surface area (Å²) in [7, 11) is 0. The third-order valence-electron chi connectivity index (χ3n) is 7.06. The van der Waals surface area contributed by atoms with E-state index < -0.39 is 0 Å². The number of amides is 1. The van der Waals surface area contributed by atoms with Crippen LogP contribution in [0.5, 0.6) is 0 Å². The van der Waals surface area contributed by atoms with Crippen LogP contribution >= 0.6 is 11.8 Å². The molecular formula is C29H30FN3OS. The minimum atomic E-state index is -0.256. The largest absolute Gasteiger partial charge is 0.318 e. The molecule has 4 nitrogen and oxygen atoms in total. The summed E-state index contributed by atoms with van der Waals surface area (Å²) in [6.07, 6.45) is 6.49. The first-order valence-corrected chi connectivity index (χ1v) is 13.1. The molecule has 3 aromatic rings. The summed E-state index contributed by atoms with van der Waals surface area (Å²) in [6, 6.07) is 18.6. The number of nitrogens with zero attached hydrogens (tertiary/aromatic N) is 3. The van der Waals surface area contributed by atoms with E-state index in [4.69, 9.17) is 4.99 Å². The molecule has 5 rings (SSSR count). The topological polar surface area (TPSA) is 37.6 Å². The van der Waals surface area contributed by atoms with Gasteiger partial charge in [-0.2, -0.15) is 0 Å². The average molecular weight is 488 g/mol. The fraction of sp³-hybridized carbons (Fsp3) is 0.310. The maximum atomic E-state index is 13.8. The van der Waals surface area contributed by atoms with Gasteiger partial charge in [0.25, 0.3) is 5.91 Å². The molecule has 1 saturated carbocycles. The van der Waals surface area contributed by atoms with E-state index in [9.17, 15) is 9.18 Å². The molecule has 2 heterocycles. The molecule has 180 valence electrons. The summed E-state index contributed by atoms with van der Waals surface area (Å²) >= 11 is 1.46. The maximum absolute atomic E-state index is 13.8. The number of hydrogen-bond acceptors (Lipinski definition) is 3. The third kappa shape index (κ3) is 4.72. The van der Waals surface area contributed by atoms with Crippen molar-refractivity contribution in [1.29, 1.82) is 0 Å². The zero-order valence-electron chi connectivity index (χ0n) is 20.4. The Morgan fingerprint density at radius 3 is 2.46 bits per heavy atom. The molecule has 0 N–H and O–H groups in total. The summed E-state index contributed by atoms with van der Waals surface area (Å²) in [5, 5.41) is 0.763. The van der Waals surface area contributed by atoms with E-state index in [1.807, 2.05) is 55.2 Å². The summed E-state index contributed by atoms with van der Waals surface area (Å²) in [5.41, 5.74) is 4.79. The second-order valence-electron chi connectivity index (χ2n) is 9.48. The monoisotopic (exact) mass is 487 g/mol. The zero-order valence-corrected chi connectivity index (χ0v) is 21.2. The number of aryl methyl sites for hydroxylation is 1. The first-order valence-electron chi connectivity index (χ1n) is 12.2. The molecule has 1 saturated heterocycles. The van der Waals surface area contributed by atoms with Gasteiger partial charge in [-0.15, -0.1) is 0 Å². The molecule has 2 fully saturated rings. The van der Waals surface area contributed by atoms with E-state index >= 15 is 0 Å². The van der Waals surface area contributed by atoms with Crippen LogP contribution < -0.4 is 0 Å². The van der Waals surface area contributed by atoms with Gasteiger partial charge in [0.15, 0.2) is 5.17 Å². The summed E-state index contributed by atoms with van der Waals surface area (Å²) in [4.78, 5) is 21.3. The van der Waals surface area contributed by atoms with Gasteiger partial charge in [-0.25, -0.2) is 9.38 Å². The number of aliphatic imine (C=N–C) groups is 1. The van der Waals surface area contributed by atoms with Crippen LogP contribution in [0.1, 0.15) is 49.6 Å². The van der Waals surface area contributed by atoms with Crippen LogP contribution in [0.3, 0.4) is 0 Å². The lowest BCUT2D eigenvalue weighted by Gasteiger charge is -2.35. The fourth-order valence-electron chi connectivity index (χ4n) is 5.21. The lowest BCUT2D eigenvalue weighted by Crippen LogP contribution is -2.44. The van der Waals surface area contributed by atoms with E-state index in [-0.39, 0.29) is 17.8 Å². The van der Waals surface area contributed by atoms with Crippen molar-refractivity contribution < 1.29 is 9.18 Å². The number of rotatable bonds is 4. The van der Waals surface area contributed by atoms with Crippen LogP contribution in [0.15, 0.2) is 70.6 Å². The number of aromatic nitrogens is 1. The Kier molecular flexibility index (Phi) is 6.65. The van der Waals surface area contributed by atoms with Gasteiger partial charge < -0.3 is 4.57 Å². The fourth-order valence-corrected chi connectivity index (χ4v) is 6.25. The van der Waals surface area contributed by atoms with Gasteiger partial charge in [0.2, 0.25) is 0 Å². The van der Waals surface area contributed by atoms with Crippen molar-refractivity contribution in [2.45, 2.75) is 52.5 Å². The Balaban J connectivity index is 1.53. The van der Waals surface area contributed by atoms with Gasteiger partial charge in [0.1, 0.15) is 5.82 Å². The van der Waals surface area contributed by atoms with Gasteiger partial charge >= 0.3 is 0 Å². The molecule has 1 aromatic heterocycles. The predicted octanol–water partition coefficient (Wildman–Crippen LogP) is 7.42. The van der Waals surface area contributed by atoms with Gasteiger partial charge in [-0.05, 0) is 98.5 Å². The minimum Gasteiger partial charge on any atom is -0.318 e. The Hall–Kier alpha value is -3.12. The van der Waals surface area contributed by atoms with Crippen LogP contribution in [0, 0.1) is 25.6 Å². The highest BCUT2D eigenvalue weighted by atomic mass is 32.2. The lowest BCUT2D eigenvalue weighted by molar-refractivity contribution is -0.124. The molecule has 0 unspecified atom stereocenters. The van der Waals surface area contributed by atoms with E-state index in [1.165, 1.54) is 30.3 Å². The van der Waals surface area contributed by atoms with Crippen molar-refractivity contribution in [3.05, 3.63) is 88.3 Å². The zero-order chi connectivity index (χ0) is 24.5. The molecule has 0 radical (unpaired) electrons. The van der Waals surface area contributed by atoms with Crippen molar-refractivity contribution in [2.75, 3.05) is 0 Å². The number of para-hydroxylation sites is 1. The van der Waals surface area contributed by atoms with E-state index in [2.05, 4.69) is 17.6 Å². The highest BCUT2D eigenvalue weighted by Crippen LogP contribution is 2.40. The number of hydrogen-bond donors (Lipinski definition) is 0. The van der Waals surface area contributed by atoms with E-state index in [0.717, 1.165) is 52.8 Å². The van der Waals surface area contributed by atoms with Gasteiger partial charge in [-0.3, -0.25) is 9.69 Å². The number of carbonyl (C=O) groups excluding carboxylic acids is 1. The quantitative estimate of drug-likeness (QED) is 0.359. The molecule has 0 spiro atoms. The highest BCUT2D eigenvalue weighted by molar-refractivity contribution is 8.18. The van der Waals surface area contributed by atoms with Crippen LogP contribution in [0.25, 0.3) is 11.8 Å². The normalized spacial score (nSPS) is 23.0. The van der Waals surface area contributed by atoms with E-state index in [1.54, 1.807) is 12.1 Å². The molecule has 1 amide bonds. The molecule has 0 bridgehead atoms. The maximum Gasteiger partial charge on any atom is 0.267 e. The SMILES string of the molecule is Cc1cc(/C=C2\SC(=Nc3ccccc3)N([C@@H]3CCCC[C@@H]3C)C2=O)c(C)n1-c1ccc(F)cc1. The first-order chi connectivity index (χ1) is 16.9. The Labute approximate surface area is 210 Å². The second-order valence-corrected chi connectivity index (χ2v) is 10.5. The number of thioether (sulfide) groups is 1. The molecule has 2 aliphatic rings. The molecule has 1 aliphatic carbocycles. The summed E-state index contributed by atoms with van der Waals surface area (Å²) < 4.78 is 15.6. The molecule has 35 heavy (non-hydrogen) atoms. The van der Waals surface area contributed by atoms with Crippen LogP contribution in [-0.4, -0.2) is 26.6 Å². The number of amidine groups is 1. The van der Waals surface area contributed by atoms with Crippen molar-refractivity contribution in [3.8, 4) is 5.69 Å². The van der Waals surface area contributed by atoms with Gasteiger partial charge in [0.05, 0.1) is 10.6 Å². The van der Waals surface area contributed by atoms with Crippen LogP contribution in [-0.2, 0) is 4.79 Å². The van der Waals surface area contributed by atoms with Crippen LogP contribution in [0.4, 0.5) is 10.1 Å².